The molecule has 3 fully saturated rings. The fourth-order valence-corrected chi connectivity index (χ4v) is 8.06. The Morgan fingerprint density at radius 1 is 0.946 bits per heavy atom. The van der Waals surface area contributed by atoms with Gasteiger partial charge in [-0.1, -0.05) is 55.9 Å². The third-order valence-corrected chi connectivity index (χ3v) is 9.91. The Labute approximate surface area is 223 Å². The van der Waals surface area contributed by atoms with Crippen molar-refractivity contribution in [1.29, 1.82) is 0 Å². The maximum Gasteiger partial charge on any atom is 0.104 e. The van der Waals surface area contributed by atoms with Crippen LogP contribution in [0.3, 0.4) is 0 Å². The normalized spacial score (nSPS) is 36.2. The molecule has 4 heteroatoms. The standard InChI is InChI=1S/C33H46O4/c1-32(2)21-36-18-5-7-26-25(16-19-37-22-32)12-13-27-29-14-15-30(35)33(29,3)20-28(31(26)27)24-10-8-23(9-11-24)6-4-17-34/h8-11,25,27-30,34-35H,5,7,12-22H2,1-3H3. The molecule has 6 unspecified atom stereocenters. The van der Waals surface area contributed by atoms with Gasteiger partial charge in [-0.25, -0.2) is 0 Å². The molecule has 0 amide bonds. The average Bonchev–Trinajstić information content (AvgIpc) is 3.18. The highest BCUT2D eigenvalue weighted by Gasteiger charge is 2.56. The Hall–Kier alpha value is -1.64. The van der Waals surface area contributed by atoms with Gasteiger partial charge in [0, 0.05) is 30.1 Å². The van der Waals surface area contributed by atoms with E-state index in [1.165, 1.54) is 18.4 Å². The second-order valence-corrected chi connectivity index (χ2v) is 13.1. The van der Waals surface area contributed by atoms with E-state index >= 15 is 0 Å². The van der Waals surface area contributed by atoms with E-state index in [0.717, 1.165) is 70.5 Å². The van der Waals surface area contributed by atoms with Crippen molar-refractivity contribution < 1.29 is 19.7 Å². The van der Waals surface area contributed by atoms with Crippen molar-refractivity contribution in [2.75, 3.05) is 33.0 Å². The summed E-state index contributed by atoms with van der Waals surface area (Å²) in [6.07, 6.45) is 8.65. The van der Waals surface area contributed by atoms with Gasteiger partial charge >= 0.3 is 0 Å². The minimum absolute atomic E-state index is 0.0230. The first kappa shape index (κ1) is 26.9. The van der Waals surface area contributed by atoms with Crippen LogP contribution >= 0.6 is 0 Å². The van der Waals surface area contributed by atoms with Gasteiger partial charge in [0.05, 0.1) is 19.3 Å². The van der Waals surface area contributed by atoms with Gasteiger partial charge < -0.3 is 19.7 Å². The van der Waals surface area contributed by atoms with E-state index in [1.807, 2.05) is 0 Å². The van der Waals surface area contributed by atoms with Gasteiger partial charge in [0.25, 0.3) is 0 Å². The van der Waals surface area contributed by atoms with Crippen molar-refractivity contribution in [3.05, 3.63) is 46.5 Å². The van der Waals surface area contributed by atoms with Gasteiger partial charge in [0.2, 0.25) is 0 Å². The molecule has 1 aromatic carbocycles. The van der Waals surface area contributed by atoms with Crippen LogP contribution in [0.15, 0.2) is 35.4 Å². The third-order valence-electron chi connectivity index (χ3n) is 9.91. The fraction of sp³-hybridized carbons (Fsp3) is 0.697. The Morgan fingerprint density at radius 3 is 2.46 bits per heavy atom. The van der Waals surface area contributed by atoms with E-state index in [2.05, 4.69) is 56.9 Å². The number of allylic oxidation sites excluding steroid dienone is 2. The number of benzene rings is 1. The largest absolute Gasteiger partial charge is 0.393 e. The van der Waals surface area contributed by atoms with E-state index in [1.54, 1.807) is 11.1 Å². The first-order valence-corrected chi connectivity index (χ1v) is 14.6. The van der Waals surface area contributed by atoms with Gasteiger partial charge in [0.15, 0.2) is 0 Å². The summed E-state index contributed by atoms with van der Waals surface area (Å²) in [5.74, 6) is 7.87. The quantitative estimate of drug-likeness (QED) is 0.370. The molecular weight excluding hydrogens is 460 g/mol. The monoisotopic (exact) mass is 506 g/mol. The Balaban J connectivity index is 1.52. The van der Waals surface area contributed by atoms with Crippen LogP contribution in [0.5, 0.6) is 0 Å². The van der Waals surface area contributed by atoms with E-state index in [4.69, 9.17) is 14.6 Å². The number of aliphatic hydroxyl groups excluding tert-OH is 2. The molecule has 202 valence electrons. The molecule has 5 rings (SSSR count). The fourth-order valence-electron chi connectivity index (χ4n) is 8.06. The van der Waals surface area contributed by atoms with Crippen molar-refractivity contribution in [2.45, 2.75) is 84.2 Å². The Kier molecular flexibility index (Phi) is 8.18. The van der Waals surface area contributed by atoms with Crippen molar-refractivity contribution in [3.63, 3.8) is 0 Å². The van der Waals surface area contributed by atoms with Gasteiger partial charge in [0.1, 0.15) is 6.61 Å². The zero-order chi connectivity index (χ0) is 26.0. The lowest BCUT2D eigenvalue weighted by atomic mass is 9.52. The summed E-state index contributed by atoms with van der Waals surface area (Å²) >= 11 is 0. The number of rotatable bonds is 1. The minimum Gasteiger partial charge on any atom is -0.393 e. The van der Waals surface area contributed by atoms with E-state index in [9.17, 15) is 5.11 Å². The number of ether oxygens (including phenoxy) is 2. The van der Waals surface area contributed by atoms with Gasteiger partial charge in [-0.3, -0.25) is 0 Å². The molecule has 3 aliphatic carbocycles. The topological polar surface area (TPSA) is 58.9 Å². The summed E-state index contributed by atoms with van der Waals surface area (Å²) in [7, 11) is 0. The molecule has 1 heterocycles. The lowest BCUT2D eigenvalue weighted by Gasteiger charge is -2.52. The molecule has 4 aliphatic rings. The van der Waals surface area contributed by atoms with Crippen molar-refractivity contribution in [3.8, 4) is 11.8 Å². The highest BCUT2D eigenvalue weighted by molar-refractivity contribution is 5.43. The Morgan fingerprint density at radius 2 is 1.70 bits per heavy atom. The minimum atomic E-state index is -0.208. The van der Waals surface area contributed by atoms with E-state index in [0.29, 0.717) is 23.7 Å². The molecule has 4 nitrogen and oxygen atoms in total. The predicted molar refractivity (Wildman–Crippen MR) is 147 cm³/mol. The smallest absolute Gasteiger partial charge is 0.104 e. The van der Waals surface area contributed by atoms with Crippen LogP contribution in [0.25, 0.3) is 0 Å². The van der Waals surface area contributed by atoms with Crippen LogP contribution in [0.1, 0.15) is 89.2 Å². The van der Waals surface area contributed by atoms with Crippen LogP contribution in [-0.2, 0) is 9.47 Å². The molecule has 0 aromatic heterocycles. The summed E-state index contributed by atoms with van der Waals surface area (Å²) < 4.78 is 12.3. The maximum atomic E-state index is 11.2. The molecule has 1 saturated heterocycles. The number of hydrogen-bond acceptors (Lipinski definition) is 4. The molecule has 6 atom stereocenters. The van der Waals surface area contributed by atoms with Crippen molar-refractivity contribution >= 4 is 0 Å². The summed E-state index contributed by atoms with van der Waals surface area (Å²) in [5.41, 5.74) is 5.71. The Bertz CT molecular complexity index is 1030. The molecule has 37 heavy (non-hydrogen) atoms. The molecule has 2 saturated carbocycles. The highest BCUT2D eigenvalue weighted by Crippen LogP contribution is 2.63. The van der Waals surface area contributed by atoms with Gasteiger partial charge in [-0.2, -0.15) is 0 Å². The average molecular weight is 507 g/mol. The third kappa shape index (κ3) is 5.57. The highest BCUT2D eigenvalue weighted by atomic mass is 16.5. The lowest BCUT2D eigenvalue weighted by molar-refractivity contribution is -0.0144. The number of hydrogen-bond donors (Lipinski definition) is 2. The molecule has 1 aromatic rings. The number of fused-ring (bicyclic) bond motifs is 4. The molecule has 0 bridgehead atoms. The summed E-state index contributed by atoms with van der Waals surface area (Å²) in [5, 5.41) is 20.3. The van der Waals surface area contributed by atoms with Crippen molar-refractivity contribution in [1.82, 2.24) is 0 Å². The van der Waals surface area contributed by atoms with Gasteiger partial charge in [-0.15, -0.1) is 0 Å². The lowest BCUT2D eigenvalue weighted by Crippen LogP contribution is -2.45. The molecule has 0 spiro atoms. The molecule has 1 aliphatic heterocycles. The first-order chi connectivity index (χ1) is 17.8. The maximum absolute atomic E-state index is 11.2. The van der Waals surface area contributed by atoms with Crippen LogP contribution in [0.2, 0.25) is 0 Å². The molecular formula is C33H46O4. The van der Waals surface area contributed by atoms with Gasteiger partial charge in [-0.05, 0) is 92.2 Å². The van der Waals surface area contributed by atoms with Crippen LogP contribution in [0, 0.1) is 40.4 Å². The predicted octanol–water partition coefficient (Wildman–Crippen LogP) is 5.86. The zero-order valence-electron chi connectivity index (χ0n) is 23.1. The van der Waals surface area contributed by atoms with Crippen LogP contribution < -0.4 is 0 Å². The van der Waals surface area contributed by atoms with Crippen LogP contribution in [-0.4, -0.2) is 49.4 Å². The summed E-state index contributed by atoms with van der Waals surface area (Å²) in [6.45, 7) is 9.83. The first-order valence-electron chi connectivity index (χ1n) is 14.6. The summed E-state index contributed by atoms with van der Waals surface area (Å²) in [4.78, 5) is 0. The second-order valence-electron chi connectivity index (χ2n) is 13.1. The van der Waals surface area contributed by atoms with Crippen LogP contribution in [0.4, 0.5) is 0 Å². The van der Waals surface area contributed by atoms with E-state index < -0.39 is 0 Å². The molecule has 2 N–H and O–H groups in total. The SMILES string of the molecule is CC1(C)COCCCC2=C3C(c4ccc(C#CCO)cc4)CC4(C)C(O)CCC4C3CCC2CCOC1. The zero-order valence-corrected chi connectivity index (χ0v) is 23.1. The van der Waals surface area contributed by atoms with Crippen molar-refractivity contribution in [2.24, 2.45) is 28.6 Å². The molecule has 0 radical (unpaired) electrons. The summed E-state index contributed by atoms with van der Waals surface area (Å²) in [6, 6.07) is 8.69. The van der Waals surface area contributed by atoms with E-state index in [-0.39, 0.29) is 23.5 Å². The number of aliphatic hydroxyl groups is 2. The second kappa shape index (κ2) is 11.2.